The summed E-state index contributed by atoms with van der Waals surface area (Å²) in [6.07, 6.45) is 0.596. The number of carbonyl (C=O) groups excluding carboxylic acids is 1. The lowest BCUT2D eigenvalue weighted by Gasteiger charge is -2.19. The third kappa shape index (κ3) is 4.22. The van der Waals surface area contributed by atoms with Crippen molar-refractivity contribution in [2.75, 3.05) is 11.9 Å². The van der Waals surface area contributed by atoms with Crippen LogP contribution in [0.15, 0.2) is 24.3 Å². The summed E-state index contributed by atoms with van der Waals surface area (Å²) in [6.45, 7) is 3.93. The molecule has 0 aliphatic rings. The standard InChI is InChI=1S/C14H17FN4OS/c1-14(2,12(16)20)8-17-13-19-18-11(21-13)7-9-3-5-10(15)6-4-9/h3-6H,7-8H2,1-2H3,(H2,16,20)(H,17,19). The van der Waals surface area contributed by atoms with E-state index in [9.17, 15) is 9.18 Å². The van der Waals surface area contributed by atoms with Gasteiger partial charge in [-0.05, 0) is 31.5 Å². The van der Waals surface area contributed by atoms with E-state index in [0.29, 0.717) is 18.1 Å². The maximum Gasteiger partial charge on any atom is 0.224 e. The average molecular weight is 308 g/mol. The number of anilines is 1. The molecule has 0 aliphatic heterocycles. The van der Waals surface area contributed by atoms with Gasteiger partial charge in [0.05, 0.1) is 5.41 Å². The van der Waals surface area contributed by atoms with Crippen LogP contribution in [-0.2, 0) is 11.2 Å². The van der Waals surface area contributed by atoms with Gasteiger partial charge < -0.3 is 11.1 Å². The van der Waals surface area contributed by atoms with E-state index < -0.39 is 5.41 Å². The molecule has 3 N–H and O–H groups in total. The number of aromatic nitrogens is 2. The fourth-order valence-electron chi connectivity index (χ4n) is 1.56. The summed E-state index contributed by atoms with van der Waals surface area (Å²) < 4.78 is 12.8. The molecule has 0 unspecified atom stereocenters. The van der Waals surface area contributed by atoms with Crippen molar-refractivity contribution in [2.24, 2.45) is 11.1 Å². The lowest BCUT2D eigenvalue weighted by Crippen LogP contribution is -2.37. The molecule has 7 heteroatoms. The molecule has 0 radical (unpaired) electrons. The lowest BCUT2D eigenvalue weighted by atomic mass is 9.93. The molecule has 0 bridgehead atoms. The van der Waals surface area contributed by atoms with Gasteiger partial charge in [0.25, 0.3) is 0 Å². The number of primary amides is 1. The topological polar surface area (TPSA) is 80.9 Å². The molecule has 0 saturated heterocycles. The number of hydrogen-bond acceptors (Lipinski definition) is 5. The molecule has 21 heavy (non-hydrogen) atoms. The van der Waals surface area contributed by atoms with Crippen LogP contribution in [0, 0.1) is 11.2 Å². The molecule has 1 heterocycles. The highest BCUT2D eigenvalue weighted by Gasteiger charge is 2.25. The Morgan fingerprint density at radius 3 is 2.62 bits per heavy atom. The van der Waals surface area contributed by atoms with E-state index in [0.717, 1.165) is 10.6 Å². The summed E-state index contributed by atoms with van der Waals surface area (Å²) in [7, 11) is 0. The van der Waals surface area contributed by atoms with Crippen LogP contribution in [0.4, 0.5) is 9.52 Å². The Bertz CT molecular complexity index is 624. The number of nitrogens with zero attached hydrogens (tertiary/aromatic N) is 2. The van der Waals surface area contributed by atoms with Gasteiger partial charge in [-0.1, -0.05) is 23.5 Å². The molecular formula is C14H17FN4OS. The molecular weight excluding hydrogens is 291 g/mol. The Labute approximate surface area is 126 Å². The van der Waals surface area contributed by atoms with Crippen LogP contribution in [0.3, 0.4) is 0 Å². The van der Waals surface area contributed by atoms with Gasteiger partial charge in [-0.25, -0.2) is 4.39 Å². The normalized spacial score (nSPS) is 11.4. The first kappa shape index (κ1) is 15.4. The summed E-state index contributed by atoms with van der Waals surface area (Å²) in [5, 5.41) is 12.6. The van der Waals surface area contributed by atoms with Gasteiger partial charge in [0.2, 0.25) is 11.0 Å². The van der Waals surface area contributed by atoms with Crippen molar-refractivity contribution in [3.8, 4) is 0 Å². The number of carbonyl (C=O) groups is 1. The summed E-state index contributed by atoms with van der Waals surface area (Å²) in [6, 6.07) is 6.29. The zero-order valence-corrected chi connectivity index (χ0v) is 12.7. The maximum absolute atomic E-state index is 12.8. The molecule has 112 valence electrons. The van der Waals surface area contributed by atoms with Crippen LogP contribution in [0.1, 0.15) is 24.4 Å². The van der Waals surface area contributed by atoms with Gasteiger partial charge in [-0.3, -0.25) is 4.79 Å². The summed E-state index contributed by atoms with van der Waals surface area (Å²) in [5.41, 5.74) is 5.63. The molecule has 0 saturated carbocycles. The first-order valence-corrected chi connectivity index (χ1v) is 7.29. The van der Waals surface area contributed by atoms with Gasteiger partial charge in [0.1, 0.15) is 10.8 Å². The smallest absolute Gasteiger partial charge is 0.224 e. The third-order valence-corrected chi connectivity index (χ3v) is 3.96. The van der Waals surface area contributed by atoms with E-state index in [-0.39, 0.29) is 11.7 Å². The van der Waals surface area contributed by atoms with Crippen LogP contribution in [0.25, 0.3) is 0 Å². The lowest BCUT2D eigenvalue weighted by molar-refractivity contribution is -0.125. The molecule has 0 atom stereocenters. The molecule has 5 nitrogen and oxygen atoms in total. The number of nitrogens with two attached hydrogens (primary N) is 1. The fourth-order valence-corrected chi connectivity index (χ4v) is 2.33. The molecule has 1 aromatic heterocycles. The maximum atomic E-state index is 12.8. The Balaban J connectivity index is 1.95. The van der Waals surface area contributed by atoms with Crippen molar-refractivity contribution in [3.63, 3.8) is 0 Å². The highest BCUT2D eigenvalue weighted by molar-refractivity contribution is 7.15. The van der Waals surface area contributed by atoms with Crippen LogP contribution >= 0.6 is 11.3 Å². The Hall–Kier alpha value is -2.02. The number of amides is 1. The second-order valence-corrected chi connectivity index (χ2v) is 6.47. The summed E-state index contributed by atoms with van der Waals surface area (Å²) in [5.74, 6) is -0.627. The zero-order chi connectivity index (χ0) is 15.5. The van der Waals surface area contributed by atoms with Crippen molar-refractivity contribution in [1.82, 2.24) is 10.2 Å². The monoisotopic (exact) mass is 308 g/mol. The predicted molar refractivity (Wildman–Crippen MR) is 80.6 cm³/mol. The molecule has 0 fully saturated rings. The van der Waals surface area contributed by atoms with Crippen LogP contribution in [-0.4, -0.2) is 22.6 Å². The molecule has 2 rings (SSSR count). The zero-order valence-electron chi connectivity index (χ0n) is 11.9. The van der Waals surface area contributed by atoms with Crippen LogP contribution in [0.5, 0.6) is 0 Å². The van der Waals surface area contributed by atoms with Crippen molar-refractivity contribution in [1.29, 1.82) is 0 Å². The highest BCUT2D eigenvalue weighted by Crippen LogP contribution is 2.21. The Morgan fingerprint density at radius 1 is 1.33 bits per heavy atom. The second-order valence-electron chi connectivity index (χ2n) is 5.41. The van der Waals surface area contributed by atoms with E-state index in [4.69, 9.17) is 5.73 Å². The van der Waals surface area contributed by atoms with Crippen molar-refractivity contribution < 1.29 is 9.18 Å². The van der Waals surface area contributed by atoms with Gasteiger partial charge in [-0.2, -0.15) is 0 Å². The Kier molecular flexibility index (Phi) is 4.52. The van der Waals surface area contributed by atoms with Crippen LogP contribution in [0.2, 0.25) is 0 Å². The minimum absolute atomic E-state index is 0.257. The second kappa shape index (κ2) is 6.17. The van der Waals surface area contributed by atoms with E-state index >= 15 is 0 Å². The van der Waals surface area contributed by atoms with Crippen molar-refractivity contribution >= 4 is 22.4 Å². The molecule has 0 spiro atoms. The number of rotatable bonds is 6. The number of benzene rings is 1. The minimum atomic E-state index is -0.650. The Morgan fingerprint density at radius 2 is 2.00 bits per heavy atom. The van der Waals surface area contributed by atoms with E-state index in [1.807, 2.05) is 0 Å². The molecule has 1 amide bonds. The number of halogens is 1. The van der Waals surface area contributed by atoms with Gasteiger partial charge >= 0.3 is 0 Å². The van der Waals surface area contributed by atoms with Crippen LogP contribution < -0.4 is 11.1 Å². The summed E-state index contributed by atoms with van der Waals surface area (Å²) >= 11 is 1.41. The average Bonchev–Trinajstić information content (AvgIpc) is 2.87. The fraction of sp³-hybridized carbons (Fsp3) is 0.357. The molecule has 2 aromatic rings. The number of hydrogen-bond donors (Lipinski definition) is 2. The van der Waals surface area contributed by atoms with Crippen molar-refractivity contribution in [3.05, 3.63) is 40.7 Å². The van der Waals surface area contributed by atoms with E-state index in [1.165, 1.54) is 23.5 Å². The first-order valence-electron chi connectivity index (χ1n) is 6.47. The predicted octanol–water partition coefficient (Wildman–Crippen LogP) is 2.19. The van der Waals surface area contributed by atoms with Gasteiger partial charge in [0, 0.05) is 13.0 Å². The third-order valence-electron chi connectivity index (χ3n) is 3.08. The SMILES string of the molecule is CC(C)(CNc1nnc(Cc2ccc(F)cc2)s1)C(N)=O. The highest BCUT2D eigenvalue weighted by atomic mass is 32.1. The summed E-state index contributed by atoms with van der Waals surface area (Å²) in [4.78, 5) is 11.2. The van der Waals surface area contributed by atoms with Gasteiger partial charge in [0.15, 0.2) is 0 Å². The first-order chi connectivity index (χ1) is 9.87. The quantitative estimate of drug-likeness (QED) is 0.857. The molecule has 1 aromatic carbocycles. The number of nitrogens with one attached hydrogen (secondary N) is 1. The van der Waals surface area contributed by atoms with Crippen molar-refractivity contribution in [2.45, 2.75) is 20.3 Å². The minimum Gasteiger partial charge on any atom is -0.369 e. The van der Waals surface area contributed by atoms with E-state index in [1.54, 1.807) is 26.0 Å². The van der Waals surface area contributed by atoms with Gasteiger partial charge in [-0.15, -0.1) is 10.2 Å². The van der Waals surface area contributed by atoms with E-state index in [2.05, 4.69) is 15.5 Å². The largest absolute Gasteiger partial charge is 0.369 e. The molecule has 0 aliphatic carbocycles.